The predicted octanol–water partition coefficient (Wildman–Crippen LogP) is 0.575. The number of imide groups is 1. The van der Waals surface area contributed by atoms with E-state index in [1.807, 2.05) is 6.92 Å². The van der Waals surface area contributed by atoms with Gasteiger partial charge >= 0.3 is 0 Å². The lowest BCUT2D eigenvalue weighted by Crippen LogP contribution is -2.37. The van der Waals surface area contributed by atoms with Gasteiger partial charge in [0.15, 0.2) is 0 Å². The summed E-state index contributed by atoms with van der Waals surface area (Å²) in [6.07, 6.45) is 1.35. The maximum absolute atomic E-state index is 12.4. The molecule has 0 bridgehead atoms. The first-order valence-electron chi connectivity index (χ1n) is 8.53. The fourth-order valence-electron chi connectivity index (χ4n) is 2.59. The summed E-state index contributed by atoms with van der Waals surface area (Å²) in [5, 5.41) is 5.16. The second kappa shape index (κ2) is 9.10. The Morgan fingerprint density at radius 3 is 2.54 bits per heavy atom. The van der Waals surface area contributed by atoms with Crippen LogP contribution in [0.4, 0.5) is 0 Å². The number of methoxy groups -OCH3 is 1. The van der Waals surface area contributed by atoms with E-state index >= 15 is 0 Å². The van der Waals surface area contributed by atoms with Gasteiger partial charge in [0, 0.05) is 32.4 Å². The fourth-order valence-corrected chi connectivity index (χ4v) is 2.59. The summed E-state index contributed by atoms with van der Waals surface area (Å²) < 4.78 is 4.94. The highest BCUT2D eigenvalue weighted by molar-refractivity contribution is 6.22. The van der Waals surface area contributed by atoms with Crippen molar-refractivity contribution in [2.45, 2.75) is 19.8 Å². The zero-order valence-electron chi connectivity index (χ0n) is 15.0. The van der Waals surface area contributed by atoms with Crippen molar-refractivity contribution in [2.24, 2.45) is 0 Å². The number of rotatable bonds is 9. The van der Waals surface area contributed by atoms with E-state index in [1.165, 1.54) is 18.2 Å². The number of carbonyl (C=O) groups excluding carboxylic acids is 4. The topological polar surface area (TPSA) is 105 Å². The number of nitrogens with one attached hydrogen (secondary N) is 2. The Kier molecular flexibility index (Phi) is 6.85. The van der Waals surface area contributed by atoms with E-state index in [1.54, 1.807) is 7.11 Å². The number of ether oxygens (including phenoxy) is 1. The van der Waals surface area contributed by atoms with Gasteiger partial charge in [0.2, 0.25) is 5.91 Å². The van der Waals surface area contributed by atoms with Crippen molar-refractivity contribution in [3.63, 3.8) is 0 Å². The molecule has 2 rings (SSSR count). The molecule has 0 aliphatic carbocycles. The Bertz CT molecular complexity index is 717. The Morgan fingerprint density at radius 1 is 1.12 bits per heavy atom. The van der Waals surface area contributed by atoms with Crippen molar-refractivity contribution in [2.75, 3.05) is 33.4 Å². The van der Waals surface area contributed by atoms with Crippen molar-refractivity contribution in [1.82, 2.24) is 15.5 Å². The molecule has 1 aliphatic rings. The second-order valence-electron chi connectivity index (χ2n) is 5.90. The fraction of sp³-hybridized carbons (Fsp3) is 0.444. The summed E-state index contributed by atoms with van der Waals surface area (Å²) in [4.78, 5) is 49.6. The van der Waals surface area contributed by atoms with Crippen LogP contribution in [-0.2, 0) is 9.53 Å². The van der Waals surface area contributed by atoms with Crippen LogP contribution in [0.25, 0.3) is 0 Å². The van der Waals surface area contributed by atoms with Crippen molar-refractivity contribution in [1.29, 1.82) is 0 Å². The molecular weight excluding hydrogens is 338 g/mol. The minimum absolute atomic E-state index is 0.147. The van der Waals surface area contributed by atoms with E-state index in [0.717, 1.165) is 11.3 Å². The molecule has 0 fully saturated rings. The number of hydrogen-bond donors (Lipinski definition) is 2. The number of hydrogen-bond acceptors (Lipinski definition) is 5. The van der Waals surface area contributed by atoms with E-state index in [-0.39, 0.29) is 41.6 Å². The van der Waals surface area contributed by atoms with Gasteiger partial charge in [-0.1, -0.05) is 6.92 Å². The van der Waals surface area contributed by atoms with Crippen molar-refractivity contribution in [3.05, 3.63) is 34.9 Å². The normalized spacial score (nSPS) is 12.9. The van der Waals surface area contributed by atoms with E-state index in [4.69, 9.17) is 4.74 Å². The van der Waals surface area contributed by atoms with Crippen LogP contribution < -0.4 is 10.6 Å². The van der Waals surface area contributed by atoms with Gasteiger partial charge in [0.25, 0.3) is 17.7 Å². The minimum atomic E-state index is -0.475. The number of amides is 4. The van der Waals surface area contributed by atoms with E-state index in [2.05, 4.69) is 10.6 Å². The standard InChI is InChI=1S/C18H23N3O5/c1-3-7-19-15(22)11-20-16(23)12-5-6-13-14(10-12)18(25)21(17(13)24)8-4-9-26-2/h5-6,10H,3-4,7-9,11H2,1-2H3,(H,19,22)(H,20,23). The molecule has 0 unspecified atom stereocenters. The van der Waals surface area contributed by atoms with Gasteiger partial charge in [0.1, 0.15) is 0 Å². The maximum atomic E-state index is 12.4. The van der Waals surface area contributed by atoms with E-state index in [9.17, 15) is 19.2 Å². The molecule has 0 spiro atoms. The molecule has 1 aliphatic heterocycles. The first-order valence-corrected chi connectivity index (χ1v) is 8.53. The van der Waals surface area contributed by atoms with Gasteiger partial charge in [-0.3, -0.25) is 24.1 Å². The summed E-state index contributed by atoms with van der Waals surface area (Å²) in [6.45, 7) is 3.04. The molecule has 0 radical (unpaired) electrons. The molecular formula is C18H23N3O5. The van der Waals surface area contributed by atoms with Gasteiger partial charge in [-0.2, -0.15) is 0 Å². The molecule has 1 aromatic rings. The number of benzene rings is 1. The quantitative estimate of drug-likeness (QED) is 0.494. The monoisotopic (exact) mass is 361 g/mol. The van der Waals surface area contributed by atoms with Crippen LogP contribution in [-0.4, -0.2) is 61.9 Å². The van der Waals surface area contributed by atoms with Gasteiger partial charge < -0.3 is 15.4 Å². The molecule has 1 heterocycles. The lowest BCUT2D eigenvalue weighted by atomic mass is 10.1. The van der Waals surface area contributed by atoms with Crippen LogP contribution in [0.15, 0.2) is 18.2 Å². The third-order valence-corrected chi connectivity index (χ3v) is 3.94. The summed E-state index contributed by atoms with van der Waals surface area (Å²) in [5.74, 6) is -1.54. The van der Waals surface area contributed by atoms with Gasteiger partial charge in [0.05, 0.1) is 17.7 Å². The smallest absolute Gasteiger partial charge is 0.261 e. The summed E-state index contributed by atoms with van der Waals surface area (Å²) in [7, 11) is 1.55. The Hall–Kier alpha value is -2.74. The van der Waals surface area contributed by atoms with Crippen LogP contribution in [0, 0.1) is 0 Å². The Labute approximate surface area is 151 Å². The Balaban J connectivity index is 2.03. The lowest BCUT2D eigenvalue weighted by Gasteiger charge is -2.12. The van der Waals surface area contributed by atoms with Gasteiger partial charge in [-0.05, 0) is 31.0 Å². The molecule has 0 atom stereocenters. The largest absolute Gasteiger partial charge is 0.385 e. The maximum Gasteiger partial charge on any atom is 0.261 e. The molecule has 0 saturated carbocycles. The molecule has 0 aromatic heterocycles. The highest BCUT2D eigenvalue weighted by Crippen LogP contribution is 2.24. The average Bonchev–Trinajstić information content (AvgIpc) is 2.88. The molecule has 1 aromatic carbocycles. The number of fused-ring (bicyclic) bond motifs is 1. The summed E-state index contributed by atoms with van der Waals surface area (Å²) in [5.41, 5.74) is 0.715. The third kappa shape index (κ3) is 4.45. The van der Waals surface area contributed by atoms with Crippen LogP contribution >= 0.6 is 0 Å². The van der Waals surface area contributed by atoms with Gasteiger partial charge in [-0.25, -0.2) is 0 Å². The van der Waals surface area contributed by atoms with Crippen molar-refractivity contribution < 1.29 is 23.9 Å². The second-order valence-corrected chi connectivity index (χ2v) is 5.90. The molecule has 0 saturated heterocycles. The van der Waals surface area contributed by atoms with Gasteiger partial charge in [-0.15, -0.1) is 0 Å². The average molecular weight is 361 g/mol. The van der Waals surface area contributed by atoms with Crippen LogP contribution in [0.5, 0.6) is 0 Å². The summed E-state index contributed by atoms with van der Waals surface area (Å²) in [6, 6.07) is 4.34. The highest BCUT2D eigenvalue weighted by Gasteiger charge is 2.35. The van der Waals surface area contributed by atoms with Crippen molar-refractivity contribution in [3.8, 4) is 0 Å². The van der Waals surface area contributed by atoms with Crippen molar-refractivity contribution >= 4 is 23.6 Å². The molecule has 2 N–H and O–H groups in total. The molecule has 8 heteroatoms. The molecule has 26 heavy (non-hydrogen) atoms. The van der Waals surface area contributed by atoms with Crippen LogP contribution in [0.3, 0.4) is 0 Å². The number of nitrogens with zero attached hydrogens (tertiary/aromatic N) is 1. The van der Waals surface area contributed by atoms with Crippen LogP contribution in [0.1, 0.15) is 50.8 Å². The van der Waals surface area contributed by atoms with E-state index in [0.29, 0.717) is 19.6 Å². The molecule has 4 amide bonds. The zero-order valence-corrected chi connectivity index (χ0v) is 15.0. The molecule has 140 valence electrons. The first kappa shape index (κ1) is 19.6. The predicted molar refractivity (Wildman–Crippen MR) is 93.9 cm³/mol. The van der Waals surface area contributed by atoms with Crippen LogP contribution in [0.2, 0.25) is 0 Å². The highest BCUT2D eigenvalue weighted by atomic mass is 16.5. The summed E-state index contributed by atoms with van der Waals surface area (Å²) >= 11 is 0. The third-order valence-electron chi connectivity index (χ3n) is 3.94. The molecule has 8 nitrogen and oxygen atoms in total. The zero-order chi connectivity index (χ0) is 19.1. The SMILES string of the molecule is CCCNC(=O)CNC(=O)c1ccc2c(c1)C(=O)N(CCCOC)C2=O. The number of carbonyl (C=O) groups is 4. The lowest BCUT2D eigenvalue weighted by molar-refractivity contribution is -0.120. The minimum Gasteiger partial charge on any atom is -0.385 e. The first-order chi connectivity index (χ1) is 12.5. The Morgan fingerprint density at radius 2 is 1.85 bits per heavy atom. The van der Waals surface area contributed by atoms with E-state index < -0.39 is 11.8 Å².